The summed E-state index contributed by atoms with van der Waals surface area (Å²) in [6.45, 7) is 5.79. The molecule has 0 unspecified atom stereocenters. The van der Waals surface area contributed by atoms with Gasteiger partial charge in [0.2, 0.25) is 15.7 Å². The number of pyridine rings is 1. The summed E-state index contributed by atoms with van der Waals surface area (Å²) in [5.41, 5.74) is 2.79. The van der Waals surface area contributed by atoms with Gasteiger partial charge < -0.3 is 5.11 Å². The average Bonchev–Trinajstić information content (AvgIpc) is 2.94. The first-order valence-corrected chi connectivity index (χ1v) is 14.3. The van der Waals surface area contributed by atoms with Gasteiger partial charge in [0, 0.05) is 18.8 Å². The van der Waals surface area contributed by atoms with Crippen LogP contribution in [0, 0.1) is 18.3 Å². The largest absolute Gasteiger partial charge is 0.493 e. The van der Waals surface area contributed by atoms with Crippen molar-refractivity contribution in [2.24, 2.45) is 0 Å². The van der Waals surface area contributed by atoms with Crippen LogP contribution in [0.5, 0.6) is 5.88 Å². The predicted octanol–water partition coefficient (Wildman–Crippen LogP) is 5.37. The molecule has 0 aliphatic rings. The predicted molar refractivity (Wildman–Crippen MR) is 148 cm³/mol. The standard InChI is InChI=1S/C30H30N4O4S/c1-4-6-10-27-33-29(35)28(30(36)34(27)26(5-2)23-9-7-8-21(17-23)18-31)39(37,38)24-13-11-22(12-14-24)25-15-16-32-19-20(25)3/h7-9,11-17,19,26,36H,4-6,10H2,1-3H3/t26-/m0/s1. The molecule has 39 heavy (non-hydrogen) atoms. The molecule has 0 aliphatic heterocycles. The van der Waals surface area contributed by atoms with E-state index in [0.29, 0.717) is 36.2 Å². The number of hydrogen-bond acceptors (Lipinski definition) is 7. The molecule has 4 aromatic rings. The van der Waals surface area contributed by atoms with E-state index < -0.39 is 32.2 Å². The first-order chi connectivity index (χ1) is 18.7. The number of hydrogen-bond donors (Lipinski definition) is 1. The summed E-state index contributed by atoms with van der Waals surface area (Å²) in [4.78, 5) is 20.5. The molecular weight excluding hydrogens is 512 g/mol. The van der Waals surface area contributed by atoms with Gasteiger partial charge in [-0.05, 0) is 72.4 Å². The van der Waals surface area contributed by atoms with Gasteiger partial charge in [-0.2, -0.15) is 10.2 Å². The fraction of sp³-hybridized carbons (Fsp3) is 0.267. The van der Waals surface area contributed by atoms with Crippen molar-refractivity contribution < 1.29 is 13.5 Å². The lowest BCUT2D eigenvalue weighted by molar-refractivity contribution is 0.358. The molecule has 0 fully saturated rings. The van der Waals surface area contributed by atoms with Gasteiger partial charge in [-0.1, -0.05) is 44.5 Å². The minimum atomic E-state index is -4.42. The zero-order valence-electron chi connectivity index (χ0n) is 22.1. The Morgan fingerprint density at radius 3 is 2.49 bits per heavy atom. The molecule has 2 heterocycles. The molecule has 0 saturated carbocycles. The molecule has 4 rings (SSSR count). The molecule has 0 saturated heterocycles. The monoisotopic (exact) mass is 542 g/mol. The molecule has 0 radical (unpaired) electrons. The smallest absolute Gasteiger partial charge is 0.296 e. The van der Waals surface area contributed by atoms with E-state index in [0.717, 1.165) is 23.1 Å². The van der Waals surface area contributed by atoms with Crippen LogP contribution in [0.3, 0.4) is 0 Å². The molecule has 1 N–H and O–H groups in total. The number of nitrogens with zero attached hydrogens (tertiary/aromatic N) is 4. The Balaban J connectivity index is 1.88. The highest BCUT2D eigenvalue weighted by atomic mass is 32.2. The van der Waals surface area contributed by atoms with Crippen molar-refractivity contribution in [2.75, 3.05) is 0 Å². The topological polar surface area (TPSA) is 126 Å². The summed E-state index contributed by atoms with van der Waals surface area (Å²) in [6.07, 6.45) is 5.75. The average molecular weight is 543 g/mol. The first kappa shape index (κ1) is 27.7. The second-order valence-electron chi connectivity index (χ2n) is 9.34. The lowest BCUT2D eigenvalue weighted by atomic mass is 10.0. The van der Waals surface area contributed by atoms with E-state index in [1.807, 2.05) is 32.9 Å². The van der Waals surface area contributed by atoms with Gasteiger partial charge in [0.15, 0.2) is 4.90 Å². The second kappa shape index (κ2) is 11.6. The van der Waals surface area contributed by atoms with Crippen LogP contribution < -0.4 is 5.56 Å². The van der Waals surface area contributed by atoms with Gasteiger partial charge in [-0.3, -0.25) is 14.3 Å². The van der Waals surface area contributed by atoms with Gasteiger partial charge in [-0.25, -0.2) is 8.42 Å². The minimum absolute atomic E-state index is 0.125. The summed E-state index contributed by atoms with van der Waals surface area (Å²) in [7, 11) is -4.42. The summed E-state index contributed by atoms with van der Waals surface area (Å²) in [6, 6.07) is 16.5. The number of aryl methyl sites for hydroxylation is 2. The summed E-state index contributed by atoms with van der Waals surface area (Å²) >= 11 is 0. The van der Waals surface area contributed by atoms with Gasteiger partial charge in [0.25, 0.3) is 5.56 Å². The Kier molecular flexibility index (Phi) is 8.27. The van der Waals surface area contributed by atoms with Crippen LogP contribution in [0.1, 0.15) is 61.7 Å². The highest BCUT2D eigenvalue weighted by Crippen LogP contribution is 2.34. The fourth-order valence-corrected chi connectivity index (χ4v) is 6.08. The number of benzene rings is 2. The zero-order chi connectivity index (χ0) is 28.2. The number of sulfone groups is 1. The molecule has 200 valence electrons. The van der Waals surface area contributed by atoms with E-state index in [9.17, 15) is 23.6 Å². The van der Waals surface area contributed by atoms with Crippen molar-refractivity contribution in [3.63, 3.8) is 0 Å². The Morgan fingerprint density at radius 2 is 1.85 bits per heavy atom. The van der Waals surface area contributed by atoms with E-state index in [-0.39, 0.29) is 4.90 Å². The molecule has 0 bridgehead atoms. The summed E-state index contributed by atoms with van der Waals surface area (Å²) in [5, 5.41) is 20.9. The Bertz CT molecular complexity index is 1700. The van der Waals surface area contributed by atoms with Crippen LogP contribution in [-0.4, -0.2) is 28.1 Å². The van der Waals surface area contributed by atoms with Crippen LogP contribution >= 0.6 is 0 Å². The van der Waals surface area contributed by atoms with Crippen molar-refractivity contribution in [1.82, 2.24) is 14.5 Å². The maximum atomic E-state index is 13.7. The highest BCUT2D eigenvalue weighted by Gasteiger charge is 2.32. The maximum Gasteiger partial charge on any atom is 0.296 e. The Hall–Kier alpha value is -4.29. The normalized spacial score (nSPS) is 12.2. The van der Waals surface area contributed by atoms with Gasteiger partial charge in [0.05, 0.1) is 22.6 Å². The lowest BCUT2D eigenvalue weighted by Crippen LogP contribution is -2.27. The lowest BCUT2D eigenvalue weighted by Gasteiger charge is -2.25. The number of rotatable bonds is 9. The van der Waals surface area contributed by atoms with Crippen molar-refractivity contribution in [2.45, 2.75) is 62.3 Å². The number of unbranched alkanes of at least 4 members (excludes halogenated alkanes) is 1. The Labute approximate surface area is 228 Å². The Morgan fingerprint density at radius 1 is 1.10 bits per heavy atom. The second-order valence-corrected chi connectivity index (χ2v) is 11.2. The van der Waals surface area contributed by atoms with Crippen LogP contribution in [0.15, 0.2) is 81.6 Å². The fourth-order valence-electron chi connectivity index (χ4n) is 4.73. The van der Waals surface area contributed by atoms with Crippen LogP contribution in [-0.2, 0) is 16.3 Å². The summed E-state index contributed by atoms with van der Waals surface area (Å²) in [5.74, 6) is -0.347. The highest BCUT2D eigenvalue weighted by molar-refractivity contribution is 7.91. The van der Waals surface area contributed by atoms with Crippen molar-refractivity contribution >= 4 is 9.84 Å². The molecule has 0 aliphatic carbocycles. The SMILES string of the molecule is CCCCc1nc(=O)c(S(=O)(=O)c2ccc(-c3ccncc3C)cc2)c(O)n1[C@@H](CC)c1cccc(C#N)c1. The van der Waals surface area contributed by atoms with E-state index in [2.05, 4.69) is 16.0 Å². The van der Waals surface area contributed by atoms with Gasteiger partial charge >= 0.3 is 0 Å². The molecule has 0 spiro atoms. The van der Waals surface area contributed by atoms with Crippen molar-refractivity contribution in [3.8, 4) is 23.1 Å². The molecular formula is C30H30N4O4S. The summed E-state index contributed by atoms with van der Waals surface area (Å²) < 4.78 is 28.9. The molecule has 8 nitrogen and oxygen atoms in total. The zero-order valence-corrected chi connectivity index (χ0v) is 22.9. The molecule has 9 heteroatoms. The number of aromatic nitrogens is 3. The van der Waals surface area contributed by atoms with E-state index in [4.69, 9.17) is 0 Å². The third kappa shape index (κ3) is 5.47. The minimum Gasteiger partial charge on any atom is -0.493 e. The van der Waals surface area contributed by atoms with Crippen molar-refractivity contribution in [1.29, 1.82) is 5.26 Å². The molecule has 0 amide bonds. The number of aromatic hydroxyl groups is 1. The first-order valence-electron chi connectivity index (χ1n) is 12.8. The van der Waals surface area contributed by atoms with Crippen LogP contribution in [0.2, 0.25) is 0 Å². The van der Waals surface area contributed by atoms with E-state index >= 15 is 0 Å². The molecule has 1 atom stereocenters. The van der Waals surface area contributed by atoms with Gasteiger partial charge in [0.1, 0.15) is 5.82 Å². The third-order valence-electron chi connectivity index (χ3n) is 6.75. The maximum absolute atomic E-state index is 13.7. The third-order valence-corrected chi connectivity index (χ3v) is 8.54. The van der Waals surface area contributed by atoms with E-state index in [1.165, 1.54) is 16.7 Å². The van der Waals surface area contributed by atoms with E-state index in [1.54, 1.807) is 42.7 Å². The van der Waals surface area contributed by atoms with Crippen molar-refractivity contribution in [3.05, 3.63) is 99.9 Å². The number of nitriles is 1. The van der Waals surface area contributed by atoms with Crippen LogP contribution in [0.25, 0.3) is 11.1 Å². The van der Waals surface area contributed by atoms with Gasteiger partial charge in [-0.15, -0.1) is 0 Å². The van der Waals surface area contributed by atoms with Crippen LogP contribution in [0.4, 0.5) is 0 Å². The molecule has 2 aromatic heterocycles. The quantitative estimate of drug-likeness (QED) is 0.301. The molecule has 2 aromatic carbocycles.